The standard InChI is InChI=1S/C4H8O2.C3H6O2.K/c1-3(2)4(5)6;1-2-3(4)5;/h3H,1-2H3,(H,5,6);2H2,1H3,(H,4,5);/q;;+1/p-1. The molecule has 0 spiro atoms. The van der Waals surface area contributed by atoms with Crippen LogP contribution in [-0.2, 0) is 9.59 Å². The predicted octanol–water partition coefficient (Wildman–Crippen LogP) is -3.12. The third-order valence-corrected chi connectivity index (χ3v) is 0.783. The summed E-state index contributed by atoms with van der Waals surface area (Å²) in [5, 5.41) is 17.2. The van der Waals surface area contributed by atoms with Crippen molar-refractivity contribution in [3.8, 4) is 0 Å². The van der Waals surface area contributed by atoms with E-state index in [-0.39, 0.29) is 63.7 Å². The van der Waals surface area contributed by atoms with Gasteiger partial charge in [0.2, 0.25) is 0 Å². The Bertz CT molecular complexity index is 133. The van der Waals surface area contributed by atoms with Gasteiger partial charge >= 0.3 is 57.4 Å². The second kappa shape index (κ2) is 11.6. The number of carbonyl (C=O) groups excluding carboxylic acids is 1. The van der Waals surface area contributed by atoms with E-state index in [1.165, 1.54) is 6.92 Å². The van der Waals surface area contributed by atoms with Crippen molar-refractivity contribution >= 4 is 11.9 Å². The van der Waals surface area contributed by atoms with Crippen molar-refractivity contribution in [1.82, 2.24) is 0 Å². The zero-order valence-electron chi connectivity index (χ0n) is 7.96. The Morgan fingerprint density at radius 1 is 1.42 bits per heavy atom. The molecule has 5 heteroatoms. The molecule has 66 valence electrons. The molecule has 0 rings (SSSR count). The number of carbonyl (C=O) groups is 2. The van der Waals surface area contributed by atoms with E-state index in [1.807, 2.05) is 0 Å². The quantitative estimate of drug-likeness (QED) is 0.478. The molecule has 1 N–H and O–H groups in total. The molecule has 12 heavy (non-hydrogen) atoms. The van der Waals surface area contributed by atoms with E-state index in [1.54, 1.807) is 13.8 Å². The summed E-state index contributed by atoms with van der Waals surface area (Å²) in [7, 11) is 0. The second-order valence-electron chi connectivity index (χ2n) is 2.22. The number of carboxylic acids is 2. The molecule has 0 atom stereocenters. The topological polar surface area (TPSA) is 77.4 Å². The van der Waals surface area contributed by atoms with Gasteiger partial charge < -0.3 is 15.0 Å². The first-order chi connectivity index (χ1) is 4.91. The third-order valence-electron chi connectivity index (χ3n) is 0.783. The summed E-state index contributed by atoms with van der Waals surface area (Å²) < 4.78 is 0. The molecular weight excluding hydrogens is 187 g/mol. The molecule has 0 aliphatic carbocycles. The number of aliphatic carboxylic acids is 2. The Kier molecular flexibility index (Phi) is 17.7. The third kappa shape index (κ3) is 22.4. The molecule has 0 fully saturated rings. The van der Waals surface area contributed by atoms with Crippen LogP contribution in [0.4, 0.5) is 0 Å². The van der Waals surface area contributed by atoms with Crippen LogP contribution >= 0.6 is 0 Å². The fourth-order valence-electron chi connectivity index (χ4n) is 0. The van der Waals surface area contributed by atoms with Crippen LogP contribution in [-0.4, -0.2) is 17.0 Å². The monoisotopic (exact) mass is 200 g/mol. The van der Waals surface area contributed by atoms with E-state index in [0.29, 0.717) is 0 Å². The van der Waals surface area contributed by atoms with Crippen molar-refractivity contribution in [2.24, 2.45) is 5.92 Å². The molecule has 0 saturated heterocycles. The van der Waals surface area contributed by atoms with Gasteiger partial charge in [-0.3, -0.25) is 4.79 Å². The molecule has 0 saturated carbocycles. The first kappa shape index (κ1) is 18.4. The maximum absolute atomic E-state index is 9.70. The maximum Gasteiger partial charge on any atom is 1.00 e. The van der Waals surface area contributed by atoms with Gasteiger partial charge in [-0.15, -0.1) is 0 Å². The van der Waals surface area contributed by atoms with Crippen LogP contribution in [0.1, 0.15) is 27.2 Å². The van der Waals surface area contributed by atoms with Gasteiger partial charge in [0.1, 0.15) is 0 Å². The van der Waals surface area contributed by atoms with Crippen LogP contribution in [0.5, 0.6) is 0 Å². The summed E-state index contributed by atoms with van der Waals surface area (Å²) >= 11 is 0. The minimum atomic E-state index is -0.995. The van der Waals surface area contributed by atoms with E-state index in [4.69, 9.17) is 5.11 Å². The normalized spacial score (nSPS) is 7.67. The Balaban J connectivity index is -0.000000126. The van der Waals surface area contributed by atoms with Crippen LogP contribution in [0.2, 0.25) is 0 Å². The van der Waals surface area contributed by atoms with Gasteiger partial charge in [-0.05, 0) is 6.42 Å². The molecule has 0 bridgehead atoms. The Hall–Kier alpha value is 0.576. The largest absolute Gasteiger partial charge is 1.00 e. The molecule has 0 aliphatic heterocycles. The van der Waals surface area contributed by atoms with Crippen LogP contribution in [0.3, 0.4) is 0 Å². The van der Waals surface area contributed by atoms with Crippen LogP contribution in [0, 0.1) is 5.92 Å². The van der Waals surface area contributed by atoms with Crippen LogP contribution in [0.15, 0.2) is 0 Å². The fraction of sp³-hybridized carbons (Fsp3) is 0.714. The van der Waals surface area contributed by atoms with Gasteiger partial charge in [-0.1, -0.05) is 20.8 Å². The molecule has 0 aromatic rings. The van der Waals surface area contributed by atoms with Crippen molar-refractivity contribution in [3.05, 3.63) is 0 Å². The average molecular weight is 200 g/mol. The Morgan fingerprint density at radius 3 is 1.58 bits per heavy atom. The Labute approximate surface area is 115 Å². The number of hydrogen-bond acceptors (Lipinski definition) is 3. The zero-order chi connectivity index (χ0) is 9.44. The molecule has 0 radical (unpaired) electrons. The summed E-state index contributed by atoms with van der Waals surface area (Å²) in [5.41, 5.74) is 0. The van der Waals surface area contributed by atoms with Crippen molar-refractivity contribution in [1.29, 1.82) is 0 Å². The SMILES string of the molecule is CC(C)C(=O)O.CCC(=O)[O-].[K+]. The molecular formula is C7H13KO4. The van der Waals surface area contributed by atoms with E-state index < -0.39 is 11.9 Å². The van der Waals surface area contributed by atoms with E-state index in [0.717, 1.165) is 0 Å². The zero-order valence-corrected chi connectivity index (χ0v) is 11.1. The van der Waals surface area contributed by atoms with Crippen LogP contribution < -0.4 is 56.5 Å². The predicted molar refractivity (Wildman–Crippen MR) is 37.8 cm³/mol. The number of hydrogen-bond donors (Lipinski definition) is 1. The van der Waals surface area contributed by atoms with E-state index >= 15 is 0 Å². The molecule has 0 heterocycles. The second-order valence-corrected chi connectivity index (χ2v) is 2.22. The van der Waals surface area contributed by atoms with Crippen molar-refractivity contribution in [3.63, 3.8) is 0 Å². The minimum Gasteiger partial charge on any atom is -0.550 e. The van der Waals surface area contributed by atoms with Gasteiger partial charge in [-0.25, -0.2) is 0 Å². The van der Waals surface area contributed by atoms with Gasteiger partial charge in [0.15, 0.2) is 0 Å². The molecule has 0 aromatic heterocycles. The average Bonchev–Trinajstić information content (AvgIpc) is 1.89. The maximum atomic E-state index is 9.70. The van der Waals surface area contributed by atoms with Gasteiger partial charge in [-0.2, -0.15) is 0 Å². The van der Waals surface area contributed by atoms with Gasteiger partial charge in [0.05, 0.1) is 5.92 Å². The van der Waals surface area contributed by atoms with Crippen molar-refractivity contribution < 1.29 is 71.2 Å². The first-order valence-corrected chi connectivity index (χ1v) is 3.34. The molecule has 0 aliphatic rings. The summed E-state index contributed by atoms with van der Waals surface area (Å²) in [4.78, 5) is 19.0. The Morgan fingerprint density at radius 2 is 1.58 bits per heavy atom. The molecule has 0 aromatic carbocycles. The minimum absolute atomic E-state index is 0. The number of rotatable bonds is 2. The summed E-state index contributed by atoms with van der Waals surface area (Å²) in [6.07, 6.45) is 0.111. The fourth-order valence-corrected chi connectivity index (χ4v) is 0. The summed E-state index contributed by atoms with van der Waals surface area (Å²) in [6.45, 7) is 4.82. The van der Waals surface area contributed by atoms with E-state index in [9.17, 15) is 14.7 Å². The molecule has 4 nitrogen and oxygen atoms in total. The molecule has 0 unspecified atom stereocenters. The van der Waals surface area contributed by atoms with Gasteiger partial charge in [0.25, 0.3) is 0 Å². The van der Waals surface area contributed by atoms with Crippen molar-refractivity contribution in [2.75, 3.05) is 0 Å². The van der Waals surface area contributed by atoms with E-state index in [2.05, 4.69) is 0 Å². The first-order valence-electron chi connectivity index (χ1n) is 3.34. The summed E-state index contributed by atoms with van der Waals surface area (Å²) in [5.74, 6) is -1.97. The smallest absolute Gasteiger partial charge is 0.550 e. The van der Waals surface area contributed by atoms with Crippen molar-refractivity contribution in [2.45, 2.75) is 27.2 Å². The van der Waals surface area contributed by atoms with Gasteiger partial charge in [0, 0.05) is 5.97 Å². The number of carboxylic acid groups (broad SMARTS) is 2. The van der Waals surface area contributed by atoms with Crippen LogP contribution in [0.25, 0.3) is 0 Å². The summed E-state index contributed by atoms with van der Waals surface area (Å²) in [6, 6.07) is 0. The molecule has 0 amide bonds.